The van der Waals surface area contributed by atoms with Crippen LogP contribution in [0.1, 0.15) is 19.3 Å². The molecule has 1 N–H and O–H groups in total. The van der Waals surface area contributed by atoms with Crippen LogP contribution in [-0.4, -0.2) is 17.9 Å². The Balaban J connectivity index is 2.03. The van der Waals surface area contributed by atoms with Gasteiger partial charge in [0.15, 0.2) is 0 Å². The van der Waals surface area contributed by atoms with Crippen molar-refractivity contribution in [3.8, 4) is 0 Å². The van der Waals surface area contributed by atoms with Crippen LogP contribution in [-0.2, 0) is 0 Å². The van der Waals surface area contributed by atoms with Gasteiger partial charge in [0, 0.05) is 13.0 Å². The maximum atomic E-state index is 12.4. The maximum Gasteiger partial charge on any atom is 0.105 e. The van der Waals surface area contributed by atoms with E-state index >= 15 is 0 Å². The standard InChI is InChI=1S/C6H11FO/c7-6(3-4-8)5-1-2-5/h5-6,8H,1-4H2. The van der Waals surface area contributed by atoms with Crippen LogP contribution in [0.15, 0.2) is 0 Å². The quantitative estimate of drug-likeness (QED) is 0.588. The monoisotopic (exact) mass is 118 g/mol. The van der Waals surface area contributed by atoms with Crippen LogP contribution >= 0.6 is 0 Å². The van der Waals surface area contributed by atoms with Gasteiger partial charge in [0.1, 0.15) is 6.17 Å². The summed E-state index contributed by atoms with van der Waals surface area (Å²) in [5.41, 5.74) is 0. The molecule has 0 heterocycles. The van der Waals surface area contributed by atoms with E-state index in [1.165, 1.54) is 0 Å². The van der Waals surface area contributed by atoms with Crippen molar-refractivity contribution in [3.05, 3.63) is 0 Å². The molecule has 0 aliphatic heterocycles. The van der Waals surface area contributed by atoms with Crippen molar-refractivity contribution in [2.75, 3.05) is 6.61 Å². The van der Waals surface area contributed by atoms with E-state index in [-0.39, 0.29) is 6.61 Å². The lowest BCUT2D eigenvalue weighted by Gasteiger charge is -2.00. The van der Waals surface area contributed by atoms with Gasteiger partial charge in [-0.05, 0) is 18.8 Å². The summed E-state index contributed by atoms with van der Waals surface area (Å²) in [6, 6.07) is 0. The predicted molar refractivity (Wildman–Crippen MR) is 29.3 cm³/mol. The molecule has 1 fully saturated rings. The van der Waals surface area contributed by atoms with Crippen molar-refractivity contribution in [1.29, 1.82) is 0 Å². The fraction of sp³-hybridized carbons (Fsp3) is 1.00. The molecule has 8 heavy (non-hydrogen) atoms. The smallest absolute Gasteiger partial charge is 0.105 e. The van der Waals surface area contributed by atoms with Gasteiger partial charge in [-0.25, -0.2) is 4.39 Å². The van der Waals surface area contributed by atoms with E-state index in [9.17, 15) is 4.39 Å². The van der Waals surface area contributed by atoms with Crippen molar-refractivity contribution < 1.29 is 9.50 Å². The molecule has 1 saturated carbocycles. The van der Waals surface area contributed by atoms with Gasteiger partial charge >= 0.3 is 0 Å². The predicted octanol–water partition coefficient (Wildman–Crippen LogP) is 1.12. The van der Waals surface area contributed by atoms with Crippen LogP contribution in [0.4, 0.5) is 4.39 Å². The zero-order valence-electron chi connectivity index (χ0n) is 4.81. The minimum absolute atomic E-state index is 0.00231. The first-order valence-electron chi connectivity index (χ1n) is 3.09. The summed E-state index contributed by atoms with van der Waals surface area (Å²) in [6.07, 6.45) is 1.67. The SMILES string of the molecule is OCCC(F)C1CC1. The molecular weight excluding hydrogens is 107 g/mol. The number of alkyl halides is 1. The Kier molecular flexibility index (Phi) is 1.84. The third kappa shape index (κ3) is 1.44. The molecule has 2 heteroatoms. The molecule has 0 radical (unpaired) electrons. The lowest BCUT2D eigenvalue weighted by atomic mass is 10.2. The summed E-state index contributed by atoms with van der Waals surface area (Å²) in [5, 5.41) is 8.27. The number of hydrogen-bond donors (Lipinski definition) is 1. The van der Waals surface area contributed by atoms with Gasteiger partial charge in [-0.15, -0.1) is 0 Å². The minimum atomic E-state index is -0.722. The zero-order chi connectivity index (χ0) is 5.98. The maximum absolute atomic E-state index is 12.4. The number of halogens is 1. The molecule has 1 rings (SSSR count). The second-order valence-corrected chi connectivity index (χ2v) is 2.37. The first kappa shape index (κ1) is 6.02. The van der Waals surface area contributed by atoms with Crippen molar-refractivity contribution in [2.24, 2.45) is 5.92 Å². The molecular formula is C6H11FO. The summed E-state index contributed by atoms with van der Waals surface area (Å²) >= 11 is 0. The van der Waals surface area contributed by atoms with E-state index in [0.717, 1.165) is 12.8 Å². The molecule has 0 aromatic carbocycles. The Morgan fingerprint density at radius 2 is 2.25 bits per heavy atom. The summed E-state index contributed by atoms with van der Waals surface area (Å²) in [7, 11) is 0. The fourth-order valence-corrected chi connectivity index (χ4v) is 0.817. The van der Waals surface area contributed by atoms with Gasteiger partial charge in [-0.3, -0.25) is 0 Å². The van der Waals surface area contributed by atoms with Crippen LogP contribution in [0.25, 0.3) is 0 Å². The number of aliphatic hydroxyl groups excluding tert-OH is 1. The van der Waals surface area contributed by atoms with Crippen molar-refractivity contribution >= 4 is 0 Å². The molecule has 1 nitrogen and oxygen atoms in total. The Morgan fingerprint density at radius 1 is 1.62 bits per heavy atom. The first-order chi connectivity index (χ1) is 3.84. The van der Waals surface area contributed by atoms with Gasteiger partial charge in [0.05, 0.1) is 0 Å². The van der Waals surface area contributed by atoms with E-state index in [1.54, 1.807) is 0 Å². The summed E-state index contributed by atoms with van der Waals surface area (Å²) in [5.74, 6) is 0.294. The Morgan fingerprint density at radius 3 is 2.62 bits per heavy atom. The molecule has 0 saturated heterocycles. The van der Waals surface area contributed by atoms with Crippen molar-refractivity contribution in [1.82, 2.24) is 0 Å². The van der Waals surface area contributed by atoms with Gasteiger partial charge in [0.25, 0.3) is 0 Å². The molecule has 0 spiro atoms. The summed E-state index contributed by atoms with van der Waals surface area (Å²) in [6.45, 7) is -0.00231. The highest BCUT2D eigenvalue weighted by Gasteiger charge is 2.30. The second kappa shape index (κ2) is 2.44. The van der Waals surface area contributed by atoms with Crippen LogP contribution in [0.3, 0.4) is 0 Å². The van der Waals surface area contributed by atoms with E-state index in [1.807, 2.05) is 0 Å². The minimum Gasteiger partial charge on any atom is -0.396 e. The molecule has 0 aromatic rings. The van der Waals surface area contributed by atoms with Gasteiger partial charge in [-0.2, -0.15) is 0 Å². The average molecular weight is 118 g/mol. The molecule has 0 aromatic heterocycles. The molecule has 48 valence electrons. The van der Waals surface area contributed by atoms with Crippen LogP contribution in [0.5, 0.6) is 0 Å². The highest BCUT2D eigenvalue weighted by atomic mass is 19.1. The van der Waals surface area contributed by atoms with E-state index in [4.69, 9.17) is 5.11 Å². The molecule has 0 amide bonds. The number of aliphatic hydroxyl groups is 1. The van der Waals surface area contributed by atoms with Crippen LogP contribution in [0.2, 0.25) is 0 Å². The third-order valence-electron chi connectivity index (χ3n) is 1.54. The average Bonchev–Trinajstić information content (AvgIpc) is 2.45. The Labute approximate surface area is 48.5 Å². The first-order valence-corrected chi connectivity index (χ1v) is 3.09. The Hall–Kier alpha value is -0.110. The lowest BCUT2D eigenvalue weighted by Crippen LogP contribution is -2.04. The molecule has 1 atom stereocenters. The van der Waals surface area contributed by atoms with Gasteiger partial charge in [-0.1, -0.05) is 0 Å². The topological polar surface area (TPSA) is 20.2 Å². The number of hydrogen-bond acceptors (Lipinski definition) is 1. The van der Waals surface area contributed by atoms with E-state index in [0.29, 0.717) is 12.3 Å². The highest BCUT2D eigenvalue weighted by Crippen LogP contribution is 2.35. The molecule has 1 unspecified atom stereocenters. The summed E-state index contributed by atoms with van der Waals surface area (Å²) in [4.78, 5) is 0. The van der Waals surface area contributed by atoms with E-state index < -0.39 is 6.17 Å². The van der Waals surface area contributed by atoms with Gasteiger partial charge < -0.3 is 5.11 Å². The summed E-state index contributed by atoms with van der Waals surface area (Å²) < 4.78 is 12.4. The lowest BCUT2D eigenvalue weighted by molar-refractivity contribution is 0.204. The third-order valence-corrected chi connectivity index (χ3v) is 1.54. The van der Waals surface area contributed by atoms with Crippen molar-refractivity contribution in [2.45, 2.75) is 25.4 Å². The molecule has 1 aliphatic carbocycles. The number of rotatable bonds is 3. The van der Waals surface area contributed by atoms with Gasteiger partial charge in [0.2, 0.25) is 0 Å². The highest BCUT2D eigenvalue weighted by molar-refractivity contribution is 4.80. The largest absolute Gasteiger partial charge is 0.396 e. The fourth-order valence-electron chi connectivity index (χ4n) is 0.817. The van der Waals surface area contributed by atoms with Crippen LogP contribution < -0.4 is 0 Å². The Bertz CT molecular complexity index is 70.9. The molecule has 1 aliphatic rings. The molecule has 0 bridgehead atoms. The second-order valence-electron chi connectivity index (χ2n) is 2.37. The van der Waals surface area contributed by atoms with E-state index in [2.05, 4.69) is 0 Å². The van der Waals surface area contributed by atoms with Crippen LogP contribution in [0, 0.1) is 5.92 Å². The normalized spacial score (nSPS) is 23.2. The zero-order valence-corrected chi connectivity index (χ0v) is 4.81. The van der Waals surface area contributed by atoms with Crippen molar-refractivity contribution in [3.63, 3.8) is 0 Å².